The molecule has 0 aliphatic heterocycles. The number of hydrogen-bond donors (Lipinski definition) is 1. The molecule has 3 aromatic heterocycles. The van der Waals surface area contributed by atoms with Crippen LogP contribution in [0, 0.1) is 13.0 Å². The van der Waals surface area contributed by atoms with Crippen LogP contribution >= 0.6 is 0 Å². The van der Waals surface area contributed by atoms with E-state index in [1.807, 2.05) is 48.5 Å². The van der Waals surface area contributed by atoms with Gasteiger partial charge < -0.3 is 9.51 Å². The fraction of sp³-hybridized carbons (Fsp3) is 0.0244. The van der Waals surface area contributed by atoms with E-state index in [2.05, 4.69) is 109 Å². The van der Waals surface area contributed by atoms with Crippen LogP contribution in [0.2, 0.25) is 0 Å². The van der Waals surface area contributed by atoms with Crippen molar-refractivity contribution in [3.63, 3.8) is 0 Å². The quantitative estimate of drug-likeness (QED) is 0.177. The van der Waals surface area contributed by atoms with Crippen LogP contribution in [0.1, 0.15) is 5.56 Å². The van der Waals surface area contributed by atoms with Gasteiger partial charge in [-0.25, -0.2) is 0 Å². The Morgan fingerprint density at radius 3 is 2.22 bits per heavy atom. The molecule has 46 heavy (non-hydrogen) atoms. The molecular formula is C41H28N3OPt-. The SMILES string of the molecule is Cc1cccc(-c2cc(-c3ccccc3O)nc(-c3[c-]c(-c4nc5ccccn5c4-c4ccccc4)cc4ccccc34)c2)c1.[Pt]. The summed E-state index contributed by atoms with van der Waals surface area (Å²) in [6, 6.07) is 50.7. The van der Waals surface area contributed by atoms with Crippen molar-refractivity contribution in [3.8, 4) is 61.9 Å². The van der Waals surface area contributed by atoms with Gasteiger partial charge in [0.15, 0.2) is 0 Å². The van der Waals surface area contributed by atoms with Gasteiger partial charge in [-0.1, -0.05) is 131 Å². The van der Waals surface area contributed by atoms with E-state index in [-0.39, 0.29) is 26.8 Å². The minimum absolute atomic E-state index is 0. The molecule has 0 atom stereocenters. The van der Waals surface area contributed by atoms with E-state index in [0.717, 1.165) is 61.3 Å². The Hall–Kier alpha value is -5.31. The van der Waals surface area contributed by atoms with Gasteiger partial charge in [0.05, 0.1) is 5.69 Å². The summed E-state index contributed by atoms with van der Waals surface area (Å²) in [6.45, 7) is 2.10. The average molecular weight is 774 g/mol. The topological polar surface area (TPSA) is 50.4 Å². The number of para-hydroxylation sites is 1. The van der Waals surface area contributed by atoms with Gasteiger partial charge in [-0.2, -0.15) is 0 Å². The predicted molar refractivity (Wildman–Crippen MR) is 183 cm³/mol. The molecule has 5 heteroatoms. The largest absolute Gasteiger partial charge is 0.507 e. The average Bonchev–Trinajstić information content (AvgIpc) is 3.48. The van der Waals surface area contributed by atoms with E-state index in [0.29, 0.717) is 11.3 Å². The summed E-state index contributed by atoms with van der Waals surface area (Å²) < 4.78 is 2.14. The first-order valence-corrected chi connectivity index (χ1v) is 15.0. The van der Waals surface area contributed by atoms with Gasteiger partial charge in [-0.3, -0.25) is 9.97 Å². The third-order valence-electron chi connectivity index (χ3n) is 8.23. The molecule has 0 radical (unpaired) electrons. The maximum Gasteiger partial charge on any atom is 0.129 e. The third kappa shape index (κ3) is 5.31. The Kier molecular flexibility index (Phi) is 7.82. The molecule has 0 aliphatic rings. The van der Waals surface area contributed by atoms with Crippen LogP contribution in [-0.2, 0) is 21.1 Å². The molecule has 5 aromatic carbocycles. The number of aryl methyl sites for hydroxylation is 1. The molecule has 0 aliphatic carbocycles. The molecule has 4 nitrogen and oxygen atoms in total. The zero-order chi connectivity index (χ0) is 30.3. The van der Waals surface area contributed by atoms with Crippen LogP contribution in [0.3, 0.4) is 0 Å². The predicted octanol–water partition coefficient (Wildman–Crippen LogP) is 10.0. The molecule has 0 saturated heterocycles. The smallest absolute Gasteiger partial charge is 0.129 e. The first kappa shape index (κ1) is 29.4. The molecular weight excluding hydrogens is 746 g/mol. The normalized spacial score (nSPS) is 11.1. The Morgan fingerprint density at radius 2 is 1.37 bits per heavy atom. The van der Waals surface area contributed by atoms with Gasteiger partial charge >= 0.3 is 0 Å². The molecule has 1 N–H and O–H groups in total. The number of nitrogens with zero attached hydrogens (tertiary/aromatic N) is 3. The number of fused-ring (bicyclic) bond motifs is 2. The van der Waals surface area contributed by atoms with E-state index in [4.69, 9.17) is 9.97 Å². The second kappa shape index (κ2) is 12.2. The van der Waals surface area contributed by atoms with Gasteiger partial charge in [0, 0.05) is 49.9 Å². The van der Waals surface area contributed by atoms with Crippen LogP contribution < -0.4 is 0 Å². The third-order valence-corrected chi connectivity index (χ3v) is 8.23. The first-order valence-electron chi connectivity index (χ1n) is 15.0. The van der Waals surface area contributed by atoms with Crippen LogP contribution in [-0.4, -0.2) is 19.5 Å². The molecule has 0 fully saturated rings. The Balaban J connectivity index is 0.00000338. The molecule has 224 valence electrons. The van der Waals surface area contributed by atoms with Crippen molar-refractivity contribution in [2.75, 3.05) is 0 Å². The fourth-order valence-electron chi connectivity index (χ4n) is 6.11. The molecule has 8 rings (SSSR count). The molecule has 3 heterocycles. The van der Waals surface area contributed by atoms with E-state index in [1.54, 1.807) is 6.07 Å². The van der Waals surface area contributed by atoms with Crippen molar-refractivity contribution < 1.29 is 26.2 Å². The minimum atomic E-state index is 0. The number of aromatic nitrogens is 3. The number of benzene rings is 5. The van der Waals surface area contributed by atoms with Crippen LogP contribution in [0.15, 0.2) is 146 Å². The van der Waals surface area contributed by atoms with Gasteiger partial charge in [-0.05, 0) is 53.9 Å². The molecule has 0 saturated carbocycles. The van der Waals surface area contributed by atoms with Gasteiger partial charge in [0.25, 0.3) is 0 Å². The van der Waals surface area contributed by atoms with E-state index < -0.39 is 0 Å². The van der Waals surface area contributed by atoms with Crippen molar-refractivity contribution in [1.82, 2.24) is 14.4 Å². The van der Waals surface area contributed by atoms with Gasteiger partial charge in [0.1, 0.15) is 11.4 Å². The first-order chi connectivity index (χ1) is 22.1. The zero-order valence-corrected chi connectivity index (χ0v) is 27.2. The van der Waals surface area contributed by atoms with Gasteiger partial charge in [-0.15, -0.1) is 12.1 Å². The van der Waals surface area contributed by atoms with Gasteiger partial charge in [0.2, 0.25) is 0 Å². The number of rotatable bonds is 5. The van der Waals surface area contributed by atoms with Crippen LogP contribution in [0.25, 0.3) is 72.6 Å². The standard InChI is InChI=1S/C41H28N3O.Pt/c1-27-12-11-16-29(22-27)31-25-36(34-18-7-8-19-38(34)45)42-37(26-31)35-24-32(23-30-15-5-6-17-33(30)35)40-41(28-13-3-2-4-14-28)44-21-10-9-20-39(44)43-40;/h2-23,25-26,45H,1H3;/q-1;. The maximum atomic E-state index is 10.8. The molecule has 0 amide bonds. The Morgan fingerprint density at radius 1 is 0.630 bits per heavy atom. The summed E-state index contributed by atoms with van der Waals surface area (Å²) in [5.41, 5.74) is 11.0. The van der Waals surface area contributed by atoms with Crippen LogP contribution in [0.4, 0.5) is 0 Å². The summed E-state index contributed by atoms with van der Waals surface area (Å²) in [4.78, 5) is 10.3. The summed E-state index contributed by atoms with van der Waals surface area (Å²) >= 11 is 0. The number of phenolic OH excluding ortho intramolecular Hbond substituents is 1. The van der Waals surface area contributed by atoms with Crippen molar-refractivity contribution in [3.05, 3.63) is 157 Å². The monoisotopic (exact) mass is 773 g/mol. The molecule has 0 spiro atoms. The van der Waals surface area contributed by atoms with Crippen molar-refractivity contribution in [1.29, 1.82) is 0 Å². The zero-order valence-electron chi connectivity index (χ0n) is 25.0. The number of hydrogen-bond acceptors (Lipinski definition) is 3. The van der Waals surface area contributed by atoms with Crippen molar-refractivity contribution >= 4 is 16.4 Å². The molecule has 0 bridgehead atoms. The Bertz CT molecular complexity index is 2360. The van der Waals surface area contributed by atoms with E-state index >= 15 is 0 Å². The van der Waals surface area contributed by atoms with Crippen molar-refractivity contribution in [2.24, 2.45) is 0 Å². The maximum absolute atomic E-state index is 10.8. The second-order valence-electron chi connectivity index (χ2n) is 11.3. The van der Waals surface area contributed by atoms with Crippen molar-refractivity contribution in [2.45, 2.75) is 6.92 Å². The summed E-state index contributed by atoms with van der Waals surface area (Å²) in [5, 5.41) is 13.0. The second-order valence-corrected chi connectivity index (χ2v) is 11.3. The summed E-state index contributed by atoms with van der Waals surface area (Å²) in [6.07, 6.45) is 2.06. The number of pyridine rings is 2. The van der Waals surface area contributed by atoms with Crippen LogP contribution in [0.5, 0.6) is 5.75 Å². The summed E-state index contributed by atoms with van der Waals surface area (Å²) in [5.74, 6) is 0.192. The number of aromatic hydroxyl groups is 1. The fourth-order valence-corrected chi connectivity index (χ4v) is 6.11. The number of phenols is 1. The summed E-state index contributed by atoms with van der Waals surface area (Å²) in [7, 11) is 0. The molecule has 8 aromatic rings. The Labute approximate surface area is 282 Å². The number of imidazole rings is 1. The van der Waals surface area contributed by atoms with E-state index in [9.17, 15) is 5.11 Å². The van der Waals surface area contributed by atoms with E-state index in [1.165, 1.54) is 5.56 Å². The minimum Gasteiger partial charge on any atom is -0.507 e. The molecule has 0 unspecified atom stereocenters.